The van der Waals surface area contributed by atoms with E-state index in [1.807, 2.05) is 6.92 Å². The quantitative estimate of drug-likeness (QED) is 0.794. The topological polar surface area (TPSA) is 84.6 Å². The van der Waals surface area contributed by atoms with Crippen molar-refractivity contribution in [2.45, 2.75) is 45.8 Å². The lowest BCUT2D eigenvalue weighted by atomic mass is 9.94. The molecular weight excluding hydrogens is 256 g/mol. The second kappa shape index (κ2) is 5.81. The molecule has 0 radical (unpaired) electrons. The van der Waals surface area contributed by atoms with Crippen molar-refractivity contribution >= 4 is 11.8 Å². The van der Waals surface area contributed by atoms with Gasteiger partial charge in [-0.05, 0) is 51.8 Å². The van der Waals surface area contributed by atoms with E-state index in [-0.39, 0.29) is 6.54 Å². The van der Waals surface area contributed by atoms with Gasteiger partial charge < -0.3 is 15.6 Å². The molecule has 0 saturated carbocycles. The van der Waals surface area contributed by atoms with E-state index in [1.54, 1.807) is 45.9 Å². The van der Waals surface area contributed by atoms with Crippen molar-refractivity contribution in [2.75, 3.05) is 11.9 Å². The van der Waals surface area contributed by atoms with Crippen LogP contribution in [-0.4, -0.2) is 23.3 Å². The van der Waals surface area contributed by atoms with Crippen LogP contribution in [0, 0.1) is 6.92 Å². The zero-order chi connectivity index (χ0) is 15.6. The number of aryl methyl sites for hydroxylation is 1. The van der Waals surface area contributed by atoms with Gasteiger partial charge in [0, 0.05) is 12.2 Å². The summed E-state index contributed by atoms with van der Waals surface area (Å²) < 4.78 is 5.20. The summed E-state index contributed by atoms with van der Waals surface area (Å²) in [5, 5.41) is 12.8. The van der Waals surface area contributed by atoms with Gasteiger partial charge in [0.05, 0.1) is 5.60 Å². The standard InChI is InChI=1S/C15H24N2O3/c1-10-8-11(15(5,19)9-16)6-7-12(10)17-13(18)20-14(2,3)4/h6-8,19H,9,16H2,1-5H3,(H,17,18). The summed E-state index contributed by atoms with van der Waals surface area (Å²) in [5.74, 6) is 0. The fraction of sp³-hybridized carbons (Fsp3) is 0.533. The first-order valence-electron chi connectivity index (χ1n) is 6.59. The summed E-state index contributed by atoms with van der Waals surface area (Å²) in [6.07, 6.45) is -0.501. The van der Waals surface area contributed by atoms with Crippen molar-refractivity contribution in [2.24, 2.45) is 5.73 Å². The number of amides is 1. The van der Waals surface area contributed by atoms with Crippen LogP contribution in [0.25, 0.3) is 0 Å². The molecule has 1 amide bonds. The van der Waals surface area contributed by atoms with Gasteiger partial charge in [-0.25, -0.2) is 4.79 Å². The first kappa shape index (κ1) is 16.5. The van der Waals surface area contributed by atoms with E-state index in [4.69, 9.17) is 10.5 Å². The van der Waals surface area contributed by atoms with E-state index in [0.717, 1.165) is 5.56 Å². The Morgan fingerprint density at radius 3 is 2.40 bits per heavy atom. The Balaban J connectivity index is 2.87. The van der Waals surface area contributed by atoms with Gasteiger partial charge in [0.25, 0.3) is 0 Å². The number of carbonyl (C=O) groups is 1. The zero-order valence-electron chi connectivity index (χ0n) is 12.8. The van der Waals surface area contributed by atoms with Crippen LogP contribution in [0.15, 0.2) is 18.2 Å². The van der Waals surface area contributed by atoms with Gasteiger partial charge in [-0.15, -0.1) is 0 Å². The van der Waals surface area contributed by atoms with Crippen LogP contribution < -0.4 is 11.1 Å². The summed E-state index contributed by atoms with van der Waals surface area (Å²) in [5.41, 5.74) is 6.12. The second-order valence-corrected chi connectivity index (χ2v) is 6.13. The molecule has 0 saturated heterocycles. The molecule has 20 heavy (non-hydrogen) atoms. The van der Waals surface area contributed by atoms with Crippen molar-refractivity contribution in [3.05, 3.63) is 29.3 Å². The van der Waals surface area contributed by atoms with E-state index in [0.29, 0.717) is 11.3 Å². The Morgan fingerprint density at radius 2 is 1.95 bits per heavy atom. The average Bonchev–Trinajstić information content (AvgIpc) is 2.29. The number of rotatable bonds is 3. The number of anilines is 1. The summed E-state index contributed by atoms with van der Waals surface area (Å²) >= 11 is 0. The minimum atomic E-state index is -1.07. The third kappa shape index (κ3) is 4.51. The summed E-state index contributed by atoms with van der Waals surface area (Å²) in [4.78, 5) is 11.7. The Hall–Kier alpha value is -1.59. The maximum Gasteiger partial charge on any atom is 0.412 e. The maximum atomic E-state index is 11.7. The van der Waals surface area contributed by atoms with Gasteiger partial charge in [0.2, 0.25) is 0 Å². The average molecular weight is 280 g/mol. The third-order valence-corrected chi connectivity index (χ3v) is 2.88. The highest BCUT2D eigenvalue weighted by molar-refractivity contribution is 5.86. The molecule has 0 aromatic heterocycles. The molecule has 0 aliphatic rings. The smallest absolute Gasteiger partial charge is 0.412 e. The van der Waals surface area contributed by atoms with Crippen LogP contribution in [0.2, 0.25) is 0 Å². The first-order chi connectivity index (χ1) is 9.05. The molecule has 112 valence electrons. The van der Waals surface area contributed by atoms with Gasteiger partial charge in [0.15, 0.2) is 0 Å². The Labute approximate surface area is 120 Å². The van der Waals surface area contributed by atoms with Crippen molar-refractivity contribution in [1.29, 1.82) is 0 Å². The molecule has 1 aromatic rings. The van der Waals surface area contributed by atoms with Gasteiger partial charge in [-0.1, -0.05) is 12.1 Å². The number of ether oxygens (including phenoxy) is 1. The number of hydrogen-bond donors (Lipinski definition) is 3. The highest BCUT2D eigenvalue weighted by atomic mass is 16.6. The minimum absolute atomic E-state index is 0.130. The van der Waals surface area contributed by atoms with Crippen molar-refractivity contribution < 1.29 is 14.6 Å². The molecule has 5 nitrogen and oxygen atoms in total. The van der Waals surface area contributed by atoms with E-state index < -0.39 is 17.3 Å². The number of carbonyl (C=O) groups excluding carboxylic acids is 1. The van der Waals surface area contributed by atoms with Crippen molar-refractivity contribution in [3.63, 3.8) is 0 Å². The van der Waals surface area contributed by atoms with Crippen LogP contribution in [-0.2, 0) is 10.3 Å². The second-order valence-electron chi connectivity index (χ2n) is 6.13. The van der Waals surface area contributed by atoms with Gasteiger partial charge in [-0.3, -0.25) is 5.32 Å². The summed E-state index contributed by atoms with van der Waals surface area (Å²) in [6.45, 7) is 9.06. The molecular formula is C15H24N2O3. The predicted octanol–water partition coefficient (Wildman–Crippen LogP) is 2.51. The normalized spacial score (nSPS) is 14.6. The molecule has 0 aliphatic heterocycles. The number of benzene rings is 1. The fourth-order valence-corrected chi connectivity index (χ4v) is 1.67. The third-order valence-electron chi connectivity index (χ3n) is 2.88. The number of hydrogen-bond acceptors (Lipinski definition) is 4. The first-order valence-corrected chi connectivity index (χ1v) is 6.59. The monoisotopic (exact) mass is 280 g/mol. The van der Waals surface area contributed by atoms with Gasteiger partial charge in [-0.2, -0.15) is 0 Å². The van der Waals surface area contributed by atoms with Crippen LogP contribution in [0.5, 0.6) is 0 Å². The molecule has 0 heterocycles. The van der Waals surface area contributed by atoms with Crippen LogP contribution in [0.3, 0.4) is 0 Å². The van der Waals surface area contributed by atoms with Gasteiger partial charge >= 0.3 is 6.09 Å². The number of nitrogens with two attached hydrogens (primary N) is 1. The lowest BCUT2D eigenvalue weighted by Crippen LogP contribution is -2.31. The van der Waals surface area contributed by atoms with Crippen LogP contribution in [0.1, 0.15) is 38.8 Å². The van der Waals surface area contributed by atoms with Crippen molar-refractivity contribution in [3.8, 4) is 0 Å². The highest BCUT2D eigenvalue weighted by Gasteiger charge is 2.22. The molecule has 0 bridgehead atoms. The maximum absolute atomic E-state index is 11.7. The molecule has 4 N–H and O–H groups in total. The number of aliphatic hydroxyl groups is 1. The molecule has 1 aromatic carbocycles. The van der Waals surface area contributed by atoms with Crippen LogP contribution in [0.4, 0.5) is 10.5 Å². The Kier molecular flexibility index (Phi) is 4.78. The summed E-state index contributed by atoms with van der Waals surface area (Å²) in [6, 6.07) is 5.28. The lowest BCUT2D eigenvalue weighted by molar-refractivity contribution is 0.0635. The molecule has 1 rings (SSSR count). The van der Waals surface area contributed by atoms with Gasteiger partial charge in [0.1, 0.15) is 5.60 Å². The Morgan fingerprint density at radius 1 is 1.35 bits per heavy atom. The zero-order valence-corrected chi connectivity index (χ0v) is 12.8. The van der Waals surface area contributed by atoms with E-state index in [1.165, 1.54) is 0 Å². The minimum Gasteiger partial charge on any atom is -0.444 e. The van der Waals surface area contributed by atoms with Crippen LogP contribution >= 0.6 is 0 Å². The summed E-state index contributed by atoms with van der Waals surface area (Å²) in [7, 11) is 0. The van der Waals surface area contributed by atoms with E-state index >= 15 is 0 Å². The molecule has 5 heteroatoms. The van der Waals surface area contributed by atoms with E-state index in [9.17, 15) is 9.90 Å². The highest BCUT2D eigenvalue weighted by Crippen LogP contribution is 2.24. The fourth-order valence-electron chi connectivity index (χ4n) is 1.67. The van der Waals surface area contributed by atoms with E-state index in [2.05, 4.69) is 5.32 Å². The molecule has 1 atom stereocenters. The Bertz CT molecular complexity index is 490. The molecule has 0 fully saturated rings. The predicted molar refractivity (Wildman–Crippen MR) is 79.7 cm³/mol. The molecule has 0 spiro atoms. The molecule has 0 aliphatic carbocycles. The SMILES string of the molecule is Cc1cc(C(C)(O)CN)ccc1NC(=O)OC(C)(C)C. The largest absolute Gasteiger partial charge is 0.444 e. The molecule has 1 unspecified atom stereocenters. The van der Waals surface area contributed by atoms with Crippen molar-refractivity contribution in [1.82, 2.24) is 0 Å². The number of nitrogens with one attached hydrogen (secondary N) is 1. The lowest BCUT2D eigenvalue weighted by Gasteiger charge is -2.23.